The van der Waals surface area contributed by atoms with E-state index in [1.54, 1.807) is 12.1 Å². The van der Waals surface area contributed by atoms with E-state index in [4.69, 9.17) is 9.88 Å². The van der Waals surface area contributed by atoms with Crippen LogP contribution in [-0.4, -0.2) is 27.7 Å². The van der Waals surface area contributed by atoms with E-state index in [1.165, 1.54) is 12.1 Å². The van der Waals surface area contributed by atoms with Crippen LogP contribution in [0.25, 0.3) is 0 Å². The summed E-state index contributed by atoms with van der Waals surface area (Å²) in [5.41, 5.74) is 0.890. The molecular formula is C12H18N2O3S. The average molecular weight is 270 g/mol. The van der Waals surface area contributed by atoms with Gasteiger partial charge in [-0.1, -0.05) is 0 Å². The highest BCUT2D eigenvalue weighted by molar-refractivity contribution is 7.89. The number of nitrogens with one attached hydrogen (secondary N) is 1. The SMILES string of the molecule is CC1OCCC1CNc1ccc(S(N)(=O)=O)cc1. The van der Waals surface area contributed by atoms with Crippen molar-refractivity contribution in [1.29, 1.82) is 0 Å². The summed E-state index contributed by atoms with van der Waals surface area (Å²) in [5, 5.41) is 8.31. The molecule has 2 rings (SSSR count). The number of ether oxygens (including phenoxy) is 1. The van der Waals surface area contributed by atoms with Crippen LogP contribution < -0.4 is 10.5 Å². The zero-order valence-electron chi connectivity index (χ0n) is 10.3. The summed E-state index contributed by atoms with van der Waals surface area (Å²) in [4.78, 5) is 0.130. The zero-order valence-corrected chi connectivity index (χ0v) is 11.1. The number of nitrogens with two attached hydrogens (primary N) is 1. The first-order valence-corrected chi connectivity index (χ1v) is 7.50. The van der Waals surface area contributed by atoms with Gasteiger partial charge in [0.25, 0.3) is 0 Å². The maximum Gasteiger partial charge on any atom is 0.238 e. The minimum absolute atomic E-state index is 0.130. The minimum Gasteiger partial charge on any atom is -0.385 e. The molecule has 3 N–H and O–H groups in total. The van der Waals surface area contributed by atoms with E-state index in [2.05, 4.69) is 12.2 Å². The van der Waals surface area contributed by atoms with Crippen LogP contribution in [0, 0.1) is 5.92 Å². The molecule has 1 aliphatic heterocycles. The molecule has 0 radical (unpaired) electrons. The van der Waals surface area contributed by atoms with Gasteiger partial charge in [-0.05, 0) is 37.6 Å². The monoisotopic (exact) mass is 270 g/mol. The van der Waals surface area contributed by atoms with Crippen molar-refractivity contribution in [3.63, 3.8) is 0 Å². The molecule has 0 saturated carbocycles. The Morgan fingerprint density at radius 3 is 2.56 bits per heavy atom. The van der Waals surface area contributed by atoms with Crippen LogP contribution in [0.4, 0.5) is 5.69 Å². The van der Waals surface area contributed by atoms with Crippen LogP contribution in [0.5, 0.6) is 0 Å². The van der Waals surface area contributed by atoms with E-state index in [0.717, 1.165) is 25.3 Å². The first-order chi connectivity index (χ1) is 8.47. The summed E-state index contributed by atoms with van der Waals surface area (Å²) in [7, 11) is -3.61. The summed E-state index contributed by atoms with van der Waals surface area (Å²) in [6, 6.07) is 6.46. The molecule has 0 amide bonds. The van der Waals surface area contributed by atoms with Gasteiger partial charge in [0, 0.05) is 24.8 Å². The van der Waals surface area contributed by atoms with Crippen molar-refractivity contribution in [2.75, 3.05) is 18.5 Å². The van der Waals surface area contributed by atoms with Crippen molar-refractivity contribution in [1.82, 2.24) is 0 Å². The lowest BCUT2D eigenvalue weighted by Crippen LogP contribution is -2.20. The van der Waals surface area contributed by atoms with Crippen molar-refractivity contribution in [3.8, 4) is 0 Å². The lowest BCUT2D eigenvalue weighted by Gasteiger charge is -2.15. The first-order valence-electron chi connectivity index (χ1n) is 5.95. The predicted octanol–water partition coefficient (Wildman–Crippen LogP) is 1.17. The minimum atomic E-state index is -3.61. The third-order valence-electron chi connectivity index (χ3n) is 3.28. The fourth-order valence-electron chi connectivity index (χ4n) is 2.06. The molecule has 0 bridgehead atoms. The molecule has 1 saturated heterocycles. The zero-order chi connectivity index (χ0) is 13.2. The molecule has 1 fully saturated rings. The normalized spacial score (nSPS) is 24.1. The highest BCUT2D eigenvalue weighted by Crippen LogP contribution is 2.21. The molecule has 5 nitrogen and oxygen atoms in total. The van der Waals surface area contributed by atoms with Gasteiger partial charge in [-0.2, -0.15) is 0 Å². The Balaban J connectivity index is 1.94. The van der Waals surface area contributed by atoms with E-state index in [0.29, 0.717) is 5.92 Å². The first kappa shape index (κ1) is 13.3. The summed E-state index contributed by atoms with van der Waals surface area (Å²) in [6.45, 7) is 3.72. The second kappa shape index (κ2) is 5.26. The van der Waals surface area contributed by atoms with Gasteiger partial charge in [-0.15, -0.1) is 0 Å². The highest BCUT2D eigenvalue weighted by atomic mass is 32.2. The molecule has 1 aromatic carbocycles. The molecule has 0 spiro atoms. The van der Waals surface area contributed by atoms with Gasteiger partial charge in [0.05, 0.1) is 11.0 Å². The molecule has 0 aromatic heterocycles. The second-order valence-electron chi connectivity index (χ2n) is 4.57. The van der Waals surface area contributed by atoms with Crippen LogP contribution >= 0.6 is 0 Å². The Morgan fingerprint density at radius 2 is 2.06 bits per heavy atom. The average Bonchev–Trinajstić information content (AvgIpc) is 2.72. The van der Waals surface area contributed by atoms with Crippen LogP contribution in [0.2, 0.25) is 0 Å². The second-order valence-corrected chi connectivity index (χ2v) is 6.14. The molecule has 18 heavy (non-hydrogen) atoms. The Labute approximate surface area is 107 Å². The fourth-order valence-corrected chi connectivity index (χ4v) is 2.57. The molecule has 0 aliphatic carbocycles. The molecule has 100 valence electrons. The Kier molecular flexibility index (Phi) is 3.89. The number of primary sulfonamides is 1. The summed E-state index contributed by atoms with van der Waals surface area (Å²) >= 11 is 0. The lowest BCUT2D eigenvalue weighted by molar-refractivity contribution is 0.108. The maximum absolute atomic E-state index is 11.1. The van der Waals surface area contributed by atoms with E-state index in [9.17, 15) is 8.42 Å². The Hall–Kier alpha value is -1.11. The molecular weight excluding hydrogens is 252 g/mol. The standard InChI is InChI=1S/C12H18N2O3S/c1-9-10(6-7-17-9)8-14-11-2-4-12(5-3-11)18(13,15)16/h2-5,9-10,14H,6-8H2,1H3,(H2,13,15,16). The highest BCUT2D eigenvalue weighted by Gasteiger charge is 2.23. The van der Waals surface area contributed by atoms with Crippen LogP contribution in [0.3, 0.4) is 0 Å². The largest absolute Gasteiger partial charge is 0.385 e. The molecule has 1 heterocycles. The van der Waals surface area contributed by atoms with Gasteiger partial charge in [-0.25, -0.2) is 13.6 Å². The van der Waals surface area contributed by atoms with Gasteiger partial charge in [0.2, 0.25) is 10.0 Å². The summed E-state index contributed by atoms with van der Waals surface area (Å²) in [6.07, 6.45) is 1.34. The van der Waals surface area contributed by atoms with Crippen molar-refractivity contribution in [2.45, 2.75) is 24.3 Å². The van der Waals surface area contributed by atoms with E-state index >= 15 is 0 Å². The van der Waals surface area contributed by atoms with E-state index in [1.807, 2.05) is 0 Å². The third-order valence-corrected chi connectivity index (χ3v) is 4.21. The molecule has 1 aliphatic rings. The number of benzene rings is 1. The molecule has 6 heteroatoms. The quantitative estimate of drug-likeness (QED) is 0.860. The Bertz CT molecular complexity index is 499. The van der Waals surface area contributed by atoms with Gasteiger partial charge < -0.3 is 10.1 Å². The summed E-state index contributed by atoms with van der Waals surface area (Å²) < 4.78 is 27.7. The van der Waals surface area contributed by atoms with Gasteiger partial charge in [0.15, 0.2) is 0 Å². The predicted molar refractivity (Wildman–Crippen MR) is 69.8 cm³/mol. The van der Waals surface area contributed by atoms with Crippen molar-refractivity contribution in [3.05, 3.63) is 24.3 Å². The van der Waals surface area contributed by atoms with Crippen molar-refractivity contribution in [2.24, 2.45) is 11.1 Å². The molecule has 2 atom stereocenters. The van der Waals surface area contributed by atoms with Gasteiger partial charge in [-0.3, -0.25) is 0 Å². The summed E-state index contributed by atoms with van der Waals surface area (Å²) in [5.74, 6) is 0.503. The lowest BCUT2D eigenvalue weighted by atomic mass is 10.0. The number of sulfonamides is 1. The molecule has 1 aromatic rings. The van der Waals surface area contributed by atoms with Crippen molar-refractivity contribution < 1.29 is 13.2 Å². The van der Waals surface area contributed by atoms with Crippen LogP contribution in [-0.2, 0) is 14.8 Å². The smallest absolute Gasteiger partial charge is 0.238 e. The Morgan fingerprint density at radius 1 is 1.39 bits per heavy atom. The number of hydrogen-bond donors (Lipinski definition) is 2. The number of anilines is 1. The van der Waals surface area contributed by atoms with Crippen molar-refractivity contribution >= 4 is 15.7 Å². The van der Waals surface area contributed by atoms with Crippen LogP contribution in [0.15, 0.2) is 29.2 Å². The third kappa shape index (κ3) is 3.22. The van der Waals surface area contributed by atoms with E-state index < -0.39 is 10.0 Å². The fraction of sp³-hybridized carbons (Fsp3) is 0.500. The number of rotatable bonds is 4. The van der Waals surface area contributed by atoms with Crippen LogP contribution in [0.1, 0.15) is 13.3 Å². The topological polar surface area (TPSA) is 81.4 Å². The molecule has 2 unspecified atom stereocenters. The van der Waals surface area contributed by atoms with E-state index in [-0.39, 0.29) is 11.0 Å². The number of hydrogen-bond acceptors (Lipinski definition) is 4. The maximum atomic E-state index is 11.1. The van der Waals surface area contributed by atoms with Gasteiger partial charge in [0.1, 0.15) is 0 Å². The van der Waals surface area contributed by atoms with Gasteiger partial charge >= 0.3 is 0 Å².